The largest absolute Gasteiger partial charge is 0.465 e. The van der Waals surface area contributed by atoms with Crippen molar-refractivity contribution in [1.29, 1.82) is 5.26 Å². The van der Waals surface area contributed by atoms with E-state index in [4.69, 9.17) is 14.5 Å². The zero-order valence-electron chi connectivity index (χ0n) is 19.9. The first-order valence-electron chi connectivity index (χ1n) is 11.6. The summed E-state index contributed by atoms with van der Waals surface area (Å²) in [5.74, 6) is 0.771. The summed E-state index contributed by atoms with van der Waals surface area (Å²) in [7, 11) is 2.96. The number of hydrogen-bond donors (Lipinski definition) is 0. The quantitative estimate of drug-likeness (QED) is 0.582. The number of carbonyl (C=O) groups excluding carboxylic acids is 2. The number of ether oxygens (including phenoxy) is 2. The van der Waals surface area contributed by atoms with Gasteiger partial charge < -0.3 is 19.3 Å². The predicted molar refractivity (Wildman–Crippen MR) is 128 cm³/mol. The second-order valence-corrected chi connectivity index (χ2v) is 8.87. The Morgan fingerprint density at radius 1 is 1.18 bits per heavy atom. The third-order valence-electron chi connectivity index (χ3n) is 6.50. The summed E-state index contributed by atoms with van der Waals surface area (Å²) < 4.78 is 9.84. The number of hydrogen-bond acceptors (Lipinski definition) is 7. The zero-order chi connectivity index (χ0) is 24.2. The number of amides is 1. The van der Waals surface area contributed by atoms with Crippen molar-refractivity contribution in [3.8, 4) is 17.2 Å². The van der Waals surface area contributed by atoms with Crippen molar-refractivity contribution in [3.05, 3.63) is 47.2 Å². The highest BCUT2D eigenvalue weighted by atomic mass is 16.5. The maximum Gasteiger partial charge on any atom is 0.337 e. The van der Waals surface area contributed by atoms with Gasteiger partial charge in [-0.1, -0.05) is 12.1 Å². The molecule has 0 bridgehead atoms. The van der Waals surface area contributed by atoms with Gasteiger partial charge in [-0.15, -0.1) is 0 Å². The van der Waals surface area contributed by atoms with E-state index in [9.17, 15) is 14.9 Å². The summed E-state index contributed by atoms with van der Waals surface area (Å²) in [5.41, 5.74) is 3.85. The summed E-state index contributed by atoms with van der Waals surface area (Å²) >= 11 is 0. The first-order chi connectivity index (χ1) is 16.5. The number of esters is 1. The Hall–Kier alpha value is -3.44. The van der Waals surface area contributed by atoms with Gasteiger partial charge in [-0.05, 0) is 43.5 Å². The van der Waals surface area contributed by atoms with Crippen LogP contribution in [0.3, 0.4) is 0 Å². The molecule has 4 rings (SSSR count). The van der Waals surface area contributed by atoms with Gasteiger partial charge in [0.15, 0.2) is 0 Å². The van der Waals surface area contributed by atoms with Crippen LogP contribution >= 0.6 is 0 Å². The number of methoxy groups -OCH3 is 2. The summed E-state index contributed by atoms with van der Waals surface area (Å²) in [6.45, 7) is 4.28. The number of aromatic nitrogens is 1. The SMILES string of the molecule is COCCC(=O)N1CCN(c2nc(C3CC3)c(-c3ccc(C(=O)OC)cc3)cc2C#N)CC1C. The van der Waals surface area contributed by atoms with Crippen molar-refractivity contribution >= 4 is 17.7 Å². The van der Waals surface area contributed by atoms with E-state index in [1.807, 2.05) is 30.0 Å². The Balaban J connectivity index is 1.62. The first kappa shape index (κ1) is 23.7. The van der Waals surface area contributed by atoms with E-state index in [-0.39, 0.29) is 17.9 Å². The highest BCUT2D eigenvalue weighted by molar-refractivity contribution is 5.90. The van der Waals surface area contributed by atoms with Crippen molar-refractivity contribution in [1.82, 2.24) is 9.88 Å². The zero-order valence-corrected chi connectivity index (χ0v) is 19.9. The summed E-state index contributed by atoms with van der Waals surface area (Å²) in [6.07, 6.45) is 2.52. The number of nitriles is 1. The van der Waals surface area contributed by atoms with Crippen molar-refractivity contribution < 1.29 is 19.1 Å². The molecule has 1 saturated heterocycles. The lowest BCUT2D eigenvalue weighted by Crippen LogP contribution is -2.54. The van der Waals surface area contributed by atoms with E-state index in [0.717, 1.165) is 29.7 Å². The lowest BCUT2D eigenvalue weighted by Gasteiger charge is -2.41. The van der Waals surface area contributed by atoms with E-state index in [1.54, 1.807) is 19.2 Å². The van der Waals surface area contributed by atoms with Crippen LogP contribution in [0.1, 0.15) is 53.7 Å². The van der Waals surface area contributed by atoms with Crippen LogP contribution < -0.4 is 4.90 Å². The van der Waals surface area contributed by atoms with Gasteiger partial charge in [0, 0.05) is 44.3 Å². The van der Waals surface area contributed by atoms with E-state index in [1.165, 1.54) is 7.11 Å². The molecule has 1 aromatic heterocycles. The molecule has 1 aromatic carbocycles. The Kier molecular flexibility index (Phi) is 7.13. The van der Waals surface area contributed by atoms with Gasteiger partial charge >= 0.3 is 5.97 Å². The highest BCUT2D eigenvalue weighted by Gasteiger charge is 2.33. The number of nitrogens with zero attached hydrogens (tertiary/aromatic N) is 4. The maximum atomic E-state index is 12.5. The van der Waals surface area contributed by atoms with Crippen LogP contribution in [0.5, 0.6) is 0 Å². The Labute approximate surface area is 200 Å². The van der Waals surface area contributed by atoms with Gasteiger partial charge in [-0.3, -0.25) is 4.79 Å². The second kappa shape index (κ2) is 10.2. The molecule has 2 aliphatic rings. The minimum atomic E-state index is -0.380. The molecular formula is C26H30N4O4. The van der Waals surface area contributed by atoms with Gasteiger partial charge in [0.25, 0.3) is 0 Å². The van der Waals surface area contributed by atoms with Crippen LogP contribution in [0.2, 0.25) is 0 Å². The maximum absolute atomic E-state index is 12.5. The lowest BCUT2D eigenvalue weighted by atomic mass is 9.98. The van der Waals surface area contributed by atoms with Crippen LogP contribution in [0.25, 0.3) is 11.1 Å². The number of benzene rings is 1. The minimum Gasteiger partial charge on any atom is -0.465 e. The van der Waals surface area contributed by atoms with Crippen molar-refractivity contribution in [2.24, 2.45) is 0 Å². The van der Waals surface area contributed by atoms with E-state index in [0.29, 0.717) is 55.5 Å². The molecule has 0 spiro atoms. The van der Waals surface area contributed by atoms with Crippen LogP contribution in [0, 0.1) is 11.3 Å². The molecule has 1 aliphatic carbocycles. The molecule has 178 valence electrons. The first-order valence-corrected chi connectivity index (χ1v) is 11.6. The molecule has 1 atom stereocenters. The molecule has 34 heavy (non-hydrogen) atoms. The monoisotopic (exact) mass is 462 g/mol. The number of pyridine rings is 1. The molecule has 8 nitrogen and oxygen atoms in total. The highest BCUT2D eigenvalue weighted by Crippen LogP contribution is 2.45. The van der Waals surface area contributed by atoms with Gasteiger partial charge in [-0.2, -0.15) is 5.26 Å². The van der Waals surface area contributed by atoms with Crippen molar-refractivity contribution in [2.75, 3.05) is 45.4 Å². The van der Waals surface area contributed by atoms with Crippen LogP contribution in [0.4, 0.5) is 5.82 Å². The molecular weight excluding hydrogens is 432 g/mol. The third-order valence-corrected chi connectivity index (χ3v) is 6.50. The average molecular weight is 463 g/mol. The Morgan fingerprint density at radius 3 is 2.50 bits per heavy atom. The Morgan fingerprint density at radius 2 is 1.91 bits per heavy atom. The van der Waals surface area contributed by atoms with E-state index in [2.05, 4.69) is 11.0 Å². The molecule has 0 radical (unpaired) electrons. The summed E-state index contributed by atoms with van der Waals surface area (Å²) in [5, 5.41) is 9.96. The number of carbonyl (C=O) groups is 2. The molecule has 1 amide bonds. The number of anilines is 1. The van der Waals surface area contributed by atoms with Crippen molar-refractivity contribution in [3.63, 3.8) is 0 Å². The fourth-order valence-corrected chi connectivity index (χ4v) is 4.50. The summed E-state index contributed by atoms with van der Waals surface area (Å²) in [6, 6.07) is 11.5. The van der Waals surface area contributed by atoms with E-state index < -0.39 is 0 Å². The van der Waals surface area contributed by atoms with Gasteiger partial charge in [-0.25, -0.2) is 9.78 Å². The average Bonchev–Trinajstić information content (AvgIpc) is 3.71. The third kappa shape index (κ3) is 4.90. The molecule has 2 aromatic rings. The van der Waals surface area contributed by atoms with Crippen molar-refractivity contribution in [2.45, 2.75) is 38.1 Å². The predicted octanol–water partition coefficient (Wildman–Crippen LogP) is 3.36. The number of piperazine rings is 1. The molecule has 2 fully saturated rings. The standard InChI is InChI=1S/C26H30N4O4/c1-17-16-29(11-12-30(17)23(31)10-13-33-2)25-21(15-27)14-22(24(28-25)19-6-7-19)18-4-8-20(9-5-18)26(32)34-3/h4-5,8-9,14,17,19H,6-7,10-13,16H2,1-3H3. The lowest BCUT2D eigenvalue weighted by molar-refractivity contribution is -0.134. The van der Waals surface area contributed by atoms with Gasteiger partial charge in [0.05, 0.1) is 37.0 Å². The van der Waals surface area contributed by atoms with Gasteiger partial charge in [0.1, 0.15) is 11.9 Å². The second-order valence-electron chi connectivity index (χ2n) is 8.87. The summed E-state index contributed by atoms with van der Waals surface area (Å²) in [4.78, 5) is 33.3. The van der Waals surface area contributed by atoms with Gasteiger partial charge in [0.2, 0.25) is 5.91 Å². The molecule has 1 unspecified atom stereocenters. The molecule has 1 aliphatic heterocycles. The smallest absolute Gasteiger partial charge is 0.337 e. The minimum absolute atomic E-state index is 0.0152. The number of rotatable bonds is 7. The van der Waals surface area contributed by atoms with E-state index >= 15 is 0 Å². The topological polar surface area (TPSA) is 95.8 Å². The molecule has 0 N–H and O–H groups in total. The Bertz CT molecular complexity index is 1110. The van der Waals surface area contributed by atoms with Crippen LogP contribution in [-0.2, 0) is 14.3 Å². The fourth-order valence-electron chi connectivity index (χ4n) is 4.50. The molecule has 1 saturated carbocycles. The molecule has 8 heteroatoms. The molecule has 2 heterocycles. The normalized spacial score (nSPS) is 17.9. The van der Waals surface area contributed by atoms with Crippen LogP contribution in [-0.4, -0.2) is 68.3 Å². The van der Waals surface area contributed by atoms with Crippen LogP contribution in [0.15, 0.2) is 30.3 Å². The fraction of sp³-hybridized carbons (Fsp3) is 0.462.